The lowest BCUT2D eigenvalue weighted by Crippen LogP contribution is -2.14. The highest BCUT2D eigenvalue weighted by molar-refractivity contribution is 9.10. The summed E-state index contributed by atoms with van der Waals surface area (Å²) in [6.45, 7) is 3.53. The number of benzene rings is 1. The summed E-state index contributed by atoms with van der Waals surface area (Å²) >= 11 is 3.12. The molecule has 0 unspecified atom stereocenters. The fourth-order valence-corrected chi connectivity index (χ4v) is 1.79. The van der Waals surface area contributed by atoms with Crippen LogP contribution in [-0.4, -0.2) is 16.2 Å². The molecule has 0 fully saturated rings. The molecule has 1 aromatic carbocycles. The molecule has 94 valence electrons. The third-order valence-electron chi connectivity index (χ3n) is 2.19. The van der Waals surface area contributed by atoms with Crippen LogP contribution in [0, 0.1) is 0 Å². The van der Waals surface area contributed by atoms with Crippen molar-refractivity contribution in [1.29, 1.82) is 0 Å². The zero-order chi connectivity index (χ0) is 12.3. The molecule has 0 aliphatic rings. The van der Waals surface area contributed by atoms with E-state index in [4.69, 9.17) is 10.8 Å². The maximum Gasteiger partial charge on any atom is 0.336 e. The Labute approximate surface area is 114 Å². The molecule has 0 heterocycles. The zero-order valence-corrected chi connectivity index (χ0v) is 11.3. The van der Waals surface area contributed by atoms with Gasteiger partial charge in [0.05, 0.1) is 10.0 Å². The Balaban J connectivity index is 0.00000256. The molecule has 0 aliphatic heterocycles. The molecule has 1 rings (SSSR count). The second-order valence-electron chi connectivity index (χ2n) is 3.29. The fourth-order valence-electron chi connectivity index (χ4n) is 1.44. The van der Waals surface area contributed by atoms with Crippen molar-refractivity contribution in [3.63, 3.8) is 0 Å². The van der Waals surface area contributed by atoms with Crippen molar-refractivity contribution in [3.05, 3.63) is 40.4 Å². The van der Waals surface area contributed by atoms with E-state index in [1.165, 1.54) is 12.1 Å². The minimum Gasteiger partial charge on any atom is -0.506 e. The van der Waals surface area contributed by atoms with E-state index in [-0.39, 0.29) is 29.3 Å². The van der Waals surface area contributed by atoms with Crippen LogP contribution in [0.5, 0.6) is 5.75 Å². The number of hydrogen-bond acceptors (Lipinski definition) is 3. The monoisotopic (exact) mass is 321 g/mol. The maximum atomic E-state index is 11.0. The van der Waals surface area contributed by atoms with Crippen LogP contribution in [0.3, 0.4) is 0 Å². The highest BCUT2D eigenvalue weighted by Crippen LogP contribution is 2.35. The number of phenolic OH excluding ortho intramolecular Hbond substituents is 1. The van der Waals surface area contributed by atoms with Gasteiger partial charge in [-0.3, -0.25) is 0 Å². The first-order chi connectivity index (χ1) is 7.49. The highest BCUT2D eigenvalue weighted by atomic mass is 79.9. The van der Waals surface area contributed by atoms with Gasteiger partial charge < -0.3 is 15.9 Å². The molecular weight excluding hydrogens is 309 g/mol. The molecule has 0 spiro atoms. The smallest absolute Gasteiger partial charge is 0.336 e. The molecule has 17 heavy (non-hydrogen) atoms. The molecule has 6 heteroatoms. The molecule has 0 aliphatic carbocycles. The quantitative estimate of drug-likeness (QED) is 0.744. The zero-order valence-electron chi connectivity index (χ0n) is 8.89. The van der Waals surface area contributed by atoms with Crippen molar-refractivity contribution in [2.75, 3.05) is 0 Å². The normalized spacial score (nSPS) is 11.4. The molecule has 0 bridgehead atoms. The van der Waals surface area contributed by atoms with Gasteiger partial charge >= 0.3 is 5.97 Å². The van der Waals surface area contributed by atoms with Crippen molar-refractivity contribution in [2.24, 2.45) is 5.73 Å². The van der Waals surface area contributed by atoms with Gasteiger partial charge in [0.2, 0.25) is 0 Å². The van der Waals surface area contributed by atoms with E-state index in [0.717, 1.165) is 0 Å². The van der Waals surface area contributed by atoms with E-state index >= 15 is 0 Å². The molecule has 0 saturated carbocycles. The van der Waals surface area contributed by atoms with E-state index in [2.05, 4.69) is 22.5 Å². The number of carboxylic acid groups (broad SMARTS) is 1. The van der Waals surface area contributed by atoms with Gasteiger partial charge in [-0.2, -0.15) is 0 Å². The minimum absolute atomic E-state index is 0. The van der Waals surface area contributed by atoms with Gasteiger partial charge in [0, 0.05) is 11.6 Å². The summed E-state index contributed by atoms with van der Waals surface area (Å²) in [5, 5.41) is 18.8. The maximum absolute atomic E-state index is 11.0. The van der Waals surface area contributed by atoms with Crippen molar-refractivity contribution in [3.8, 4) is 5.75 Å². The number of halogens is 2. The second kappa shape index (κ2) is 6.64. The van der Waals surface area contributed by atoms with Crippen molar-refractivity contribution < 1.29 is 15.0 Å². The predicted octanol–water partition coefficient (Wildman–Crippen LogP) is 2.85. The van der Waals surface area contributed by atoms with Crippen LogP contribution in [0.1, 0.15) is 28.4 Å². The number of rotatable bonds is 4. The minimum atomic E-state index is -1.11. The molecule has 0 radical (unpaired) electrons. The topological polar surface area (TPSA) is 83.6 Å². The van der Waals surface area contributed by atoms with Crippen LogP contribution in [0.15, 0.2) is 29.3 Å². The summed E-state index contributed by atoms with van der Waals surface area (Å²) in [4.78, 5) is 11.0. The Morgan fingerprint density at radius 3 is 2.65 bits per heavy atom. The van der Waals surface area contributed by atoms with Crippen molar-refractivity contribution in [2.45, 2.75) is 12.5 Å². The summed E-state index contributed by atoms with van der Waals surface area (Å²) in [5.74, 6) is -1.24. The predicted molar refractivity (Wildman–Crippen MR) is 71.8 cm³/mol. The van der Waals surface area contributed by atoms with Crippen LogP contribution in [0.25, 0.3) is 0 Å². The molecule has 0 amide bonds. The van der Waals surface area contributed by atoms with Gasteiger partial charge in [0.1, 0.15) is 5.75 Å². The average molecular weight is 323 g/mol. The first-order valence-corrected chi connectivity index (χ1v) is 5.39. The van der Waals surface area contributed by atoms with Crippen molar-refractivity contribution in [1.82, 2.24) is 0 Å². The van der Waals surface area contributed by atoms with Crippen LogP contribution in [-0.2, 0) is 0 Å². The van der Waals surface area contributed by atoms with E-state index < -0.39 is 12.0 Å². The number of aromatic carboxylic acids is 1. The number of nitrogens with two attached hydrogens (primary N) is 1. The summed E-state index contributed by atoms with van der Waals surface area (Å²) in [7, 11) is 0. The lowest BCUT2D eigenvalue weighted by Gasteiger charge is -2.15. The molecule has 1 atom stereocenters. The Hall–Kier alpha value is -1.04. The number of aromatic hydroxyl groups is 1. The van der Waals surface area contributed by atoms with Crippen LogP contribution < -0.4 is 5.73 Å². The first-order valence-electron chi connectivity index (χ1n) is 4.60. The fraction of sp³-hybridized carbons (Fsp3) is 0.182. The molecule has 4 N–H and O–H groups in total. The van der Waals surface area contributed by atoms with Crippen LogP contribution >= 0.6 is 28.3 Å². The number of carboxylic acids is 1. The molecule has 0 aromatic heterocycles. The van der Waals surface area contributed by atoms with Gasteiger partial charge in [0.25, 0.3) is 0 Å². The number of hydrogen-bond donors (Lipinski definition) is 3. The lowest BCUT2D eigenvalue weighted by molar-refractivity contribution is 0.0694. The number of carbonyl (C=O) groups is 1. The molecule has 1 aromatic rings. The SMILES string of the molecule is C=CC[C@H](N)c1c(C(=O)O)ccc(Br)c1O.Cl. The largest absolute Gasteiger partial charge is 0.506 e. The summed E-state index contributed by atoms with van der Waals surface area (Å²) < 4.78 is 0.423. The van der Waals surface area contributed by atoms with E-state index in [1.807, 2.05) is 0 Å². The van der Waals surface area contributed by atoms with Crippen LogP contribution in [0.4, 0.5) is 0 Å². The highest BCUT2D eigenvalue weighted by Gasteiger charge is 2.20. The summed E-state index contributed by atoms with van der Waals surface area (Å²) in [5.41, 5.74) is 6.03. The average Bonchev–Trinajstić information content (AvgIpc) is 2.21. The molecule has 0 saturated heterocycles. The van der Waals surface area contributed by atoms with Gasteiger partial charge in [0.15, 0.2) is 0 Å². The molecular formula is C11H13BrClNO3. The Morgan fingerprint density at radius 1 is 1.59 bits per heavy atom. The summed E-state index contributed by atoms with van der Waals surface area (Å²) in [6, 6.07) is 2.30. The van der Waals surface area contributed by atoms with Gasteiger partial charge in [-0.05, 0) is 34.5 Å². The van der Waals surface area contributed by atoms with E-state index in [0.29, 0.717) is 10.9 Å². The lowest BCUT2D eigenvalue weighted by atomic mass is 9.97. The third-order valence-corrected chi connectivity index (χ3v) is 2.83. The van der Waals surface area contributed by atoms with Crippen LogP contribution in [0.2, 0.25) is 0 Å². The van der Waals surface area contributed by atoms with Crippen molar-refractivity contribution >= 4 is 34.3 Å². The Bertz CT molecular complexity index is 437. The Morgan fingerprint density at radius 2 is 2.18 bits per heavy atom. The standard InChI is InChI=1S/C11H12BrNO3.ClH/c1-2-3-8(13)9-6(11(15)16)4-5-7(12)10(9)14;/h2,4-5,8,14H,1,3,13H2,(H,15,16);1H/t8-;/m0./s1. The second-order valence-corrected chi connectivity index (χ2v) is 4.15. The van der Waals surface area contributed by atoms with Gasteiger partial charge in [-0.15, -0.1) is 19.0 Å². The third kappa shape index (κ3) is 3.46. The van der Waals surface area contributed by atoms with Gasteiger partial charge in [-0.1, -0.05) is 6.08 Å². The van der Waals surface area contributed by atoms with E-state index in [9.17, 15) is 9.90 Å². The number of phenols is 1. The molecule has 4 nitrogen and oxygen atoms in total. The van der Waals surface area contributed by atoms with Gasteiger partial charge in [-0.25, -0.2) is 4.79 Å². The summed E-state index contributed by atoms with van der Waals surface area (Å²) in [6.07, 6.45) is 1.97. The first kappa shape index (κ1) is 16.0. The van der Waals surface area contributed by atoms with E-state index in [1.54, 1.807) is 6.08 Å². The Kier molecular flexibility index (Phi) is 6.23.